The molecule has 76 heavy (non-hydrogen) atoms. The summed E-state index contributed by atoms with van der Waals surface area (Å²) in [6, 6.07) is 121. The third kappa shape index (κ3) is 17.3. The van der Waals surface area contributed by atoms with Gasteiger partial charge in [-0.2, -0.15) is 48.5 Å². The van der Waals surface area contributed by atoms with Crippen molar-refractivity contribution in [2.45, 2.75) is 0 Å². The number of hydrogen-bond acceptors (Lipinski definition) is 0. The van der Waals surface area contributed by atoms with Gasteiger partial charge in [-0.05, 0) is 58.3 Å². The molecule has 1 radical (unpaired) electrons. The van der Waals surface area contributed by atoms with Crippen LogP contribution in [-0.4, -0.2) is 0 Å². The number of benzene rings is 8. The SMILES string of the molecule is [Cl][Fe+][Cl].[Fe+3].c1ccc(P(c2ccccc2)[c-]2cccc2)cc1.c1ccc(P(c2ccccc2)[c-]2cccc2)cc1.c1ccc(P(c2ccccc2)c2ccc[cH-]2)cc1.c1ccc(P(c2ccccc2)c2ccc[cH-]2)cc1. The Morgan fingerprint density at radius 3 is 0.645 bits per heavy atom. The van der Waals surface area contributed by atoms with E-state index in [0.717, 1.165) is 0 Å². The van der Waals surface area contributed by atoms with Gasteiger partial charge in [-0.15, -0.1) is 21.2 Å². The summed E-state index contributed by atoms with van der Waals surface area (Å²) in [6.45, 7) is 0. The minimum atomic E-state index is -0.409. The number of halogens is 2. The van der Waals surface area contributed by atoms with Crippen molar-refractivity contribution in [1.82, 2.24) is 0 Å². The van der Waals surface area contributed by atoms with E-state index >= 15 is 0 Å². The molecule has 0 spiro atoms. The molecule has 12 aromatic rings. The van der Waals surface area contributed by atoms with Crippen molar-refractivity contribution in [1.29, 1.82) is 0 Å². The van der Waals surface area contributed by atoms with Crippen molar-refractivity contribution >= 4 is 116 Å². The van der Waals surface area contributed by atoms with Crippen LogP contribution in [0.1, 0.15) is 0 Å². The molecule has 0 N–H and O–H groups in total. The Morgan fingerprint density at radius 2 is 0.461 bits per heavy atom. The van der Waals surface area contributed by atoms with Gasteiger partial charge in [-0.1, -0.05) is 258 Å². The van der Waals surface area contributed by atoms with Gasteiger partial charge in [0.25, 0.3) is 0 Å². The van der Waals surface area contributed by atoms with Crippen LogP contribution in [0.15, 0.2) is 340 Å². The summed E-state index contributed by atoms with van der Waals surface area (Å²) in [5.41, 5.74) is 0. The van der Waals surface area contributed by atoms with E-state index in [1.807, 2.05) is 0 Å². The average Bonchev–Trinajstić information content (AvgIpc) is 4.37. The molecule has 0 amide bonds. The number of hydrogen-bond donors (Lipinski definition) is 0. The van der Waals surface area contributed by atoms with E-state index < -0.39 is 31.7 Å². The molecule has 0 heterocycles. The Morgan fingerprint density at radius 1 is 0.263 bits per heavy atom. The first kappa shape index (κ1) is 58.2. The zero-order chi connectivity index (χ0) is 51.5. The van der Waals surface area contributed by atoms with E-state index in [1.54, 1.807) is 0 Å². The molecule has 0 saturated carbocycles. The van der Waals surface area contributed by atoms with E-state index in [9.17, 15) is 0 Å². The number of rotatable bonds is 12. The van der Waals surface area contributed by atoms with Gasteiger partial charge < -0.3 is 0 Å². The Labute approximate surface area is 481 Å². The molecule has 0 aliphatic carbocycles. The molecule has 0 fully saturated rings. The fraction of sp³-hybridized carbons (Fsp3) is 0. The molecule has 12 aromatic carbocycles. The summed E-state index contributed by atoms with van der Waals surface area (Å²) >= 11 is 0.194. The van der Waals surface area contributed by atoms with Crippen LogP contribution in [0, 0.1) is 0 Å². The molecule has 0 saturated heterocycles. The van der Waals surface area contributed by atoms with Crippen LogP contribution in [0.5, 0.6) is 0 Å². The molecule has 0 aliphatic rings. The Kier molecular flexibility index (Phi) is 25.2. The second kappa shape index (κ2) is 32.9. The van der Waals surface area contributed by atoms with E-state index in [1.165, 1.54) is 63.7 Å². The summed E-state index contributed by atoms with van der Waals surface area (Å²) in [5, 5.41) is 16.9. The van der Waals surface area contributed by atoms with Gasteiger partial charge in [0.1, 0.15) is 0 Å². The molecular formula is C68H56Cl2Fe2P4. The van der Waals surface area contributed by atoms with Crippen LogP contribution >= 0.6 is 51.9 Å². The molecule has 0 aromatic heterocycles. The summed E-state index contributed by atoms with van der Waals surface area (Å²) in [4.78, 5) is 0. The first-order chi connectivity index (χ1) is 37.2. The third-order valence-electron chi connectivity index (χ3n) is 11.7. The van der Waals surface area contributed by atoms with Crippen molar-refractivity contribution in [3.05, 3.63) is 340 Å². The van der Waals surface area contributed by atoms with Crippen LogP contribution in [0.4, 0.5) is 0 Å². The molecule has 0 atom stereocenters. The van der Waals surface area contributed by atoms with Crippen molar-refractivity contribution in [3.63, 3.8) is 0 Å². The molecule has 8 heteroatoms. The molecule has 0 unspecified atom stereocenters. The zero-order valence-electron chi connectivity index (χ0n) is 41.6. The van der Waals surface area contributed by atoms with Crippen LogP contribution in [0.25, 0.3) is 0 Å². The smallest absolute Gasteiger partial charge is 0.213 e. The average molecular weight is 1180 g/mol. The van der Waals surface area contributed by atoms with E-state index in [4.69, 9.17) is 20.2 Å². The quantitative estimate of drug-likeness (QED) is 0.0650. The van der Waals surface area contributed by atoms with E-state index in [0.29, 0.717) is 0 Å². The molecule has 0 bridgehead atoms. The minimum absolute atomic E-state index is 0. The van der Waals surface area contributed by atoms with Crippen LogP contribution in [0.2, 0.25) is 0 Å². The van der Waals surface area contributed by atoms with E-state index in [-0.39, 0.29) is 30.2 Å². The first-order valence-corrected chi connectivity index (χ1v) is 33.0. The maximum atomic E-state index is 4.76. The van der Waals surface area contributed by atoms with E-state index in [2.05, 4.69) is 340 Å². The predicted molar refractivity (Wildman–Crippen MR) is 335 cm³/mol. The fourth-order valence-electron chi connectivity index (χ4n) is 8.46. The zero-order valence-corrected chi connectivity index (χ0v) is 48.9. The maximum absolute atomic E-state index is 4.76. The second-order valence-corrected chi connectivity index (χ2v) is 27.4. The predicted octanol–water partition coefficient (Wildman–Crippen LogP) is 14.0. The summed E-state index contributed by atoms with van der Waals surface area (Å²) in [7, 11) is 7.89. The molecule has 378 valence electrons. The Hall–Kier alpha value is -5.50. The summed E-state index contributed by atoms with van der Waals surface area (Å²) in [6.07, 6.45) is 0. The van der Waals surface area contributed by atoms with Gasteiger partial charge in [0.15, 0.2) is 0 Å². The van der Waals surface area contributed by atoms with Crippen molar-refractivity contribution in [3.8, 4) is 0 Å². The van der Waals surface area contributed by atoms with Gasteiger partial charge in [-0.25, -0.2) is 48.5 Å². The summed E-state index contributed by atoms with van der Waals surface area (Å²) in [5.74, 6) is 0. The van der Waals surface area contributed by atoms with Crippen molar-refractivity contribution in [2.24, 2.45) is 0 Å². The van der Waals surface area contributed by atoms with Crippen LogP contribution < -0.4 is 63.7 Å². The monoisotopic (exact) mass is 1180 g/mol. The van der Waals surface area contributed by atoms with Gasteiger partial charge in [0.2, 0.25) is 0 Å². The first-order valence-electron chi connectivity index (χ1n) is 24.5. The summed E-state index contributed by atoms with van der Waals surface area (Å²) < 4.78 is 0. The fourth-order valence-corrected chi connectivity index (χ4v) is 17.7. The van der Waals surface area contributed by atoms with Gasteiger partial charge in [0.05, 0.1) is 0 Å². The maximum Gasteiger partial charge on any atom is 3.00 e. The van der Waals surface area contributed by atoms with Crippen LogP contribution in [-0.2, 0) is 30.2 Å². The Balaban J connectivity index is 0.000000144. The second-order valence-electron chi connectivity index (χ2n) is 16.6. The van der Waals surface area contributed by atoms with Gasteiger partial charge in [-0.3, -0.25) is 0 Å². The van der Waals surface area contributed by atoms with Crippen LogP contribution in [0.3, 0.4) is 0 Å². The third-order valence-corrected chi connectivity index (χ3v) is 21.5. The van der Waals surface area contributed by atoms with Gasteiger partial charge in [0, 0.05) is 0 Å². The Bertz CT molecular complexity index is 2670. The van der Waals surface area contributed by atoms with Crippen molar-refractivity contribution in [2.75, 3.05) is 0 Å². The molecular weight excluding hydrogens is 1120 g/mol. The van der Waals surface area contributed by atoms with Gasteiger partial charge >= 0.3 is 50.4 Å². The minimum Gasteiger partial charge on any atom is -0.213 e. The largest absolute Gasteiger partial charge is 3.00 e. The van der Waals surface area contributed by atoms with Crippen molar-refractivity contribution < 1.29 is 30.2 Å². The normalized spacial score (nSPS) is 10.4. The standard InChI is InChI=1S/4C17H14P.2ClH.2Fe/c4*1-3-9-15(10-4-1)18(17-13-7-8-14-17)16-11-5-2-6-12-16;;;;/h4*1-14H;2*1H;;/q4*-1;;;2*+3/p-2. The molecule has 0 aliphatic heterocycles. The molecule has 0 nitrogen and oxygen atoms in total. The topological polar surface area (TPSA) is 0 Å². The molecule has 12 rings (SSSR count).